The summed E-state index contributed by atoms with van der Waals surface area (Å²) in [5, 5.41) is 6.01. The summed E-state index contributed by atoms with van der Waals surface area (Å²) in [6, 6.07) is 14.5. The van der Waals surface area contributed by atoms with Gasteiger partial charge in [0.25, 0.3) is 15.9 Å². The van der Waals surface area contributed by atoms with Crippen LogP contribution in [0.2, 0.25) is 0 Å². The molecule has 0 spiro atoms. The van der Waals surface area contributed by atoms with Gasteiger partial charge < -0.3 is 10.6 Å². The van der Waals surface area contributed by atoms with Gasteiger partial charge >= 0.3 is 0 Å². The fourth-order valence-electron chi connectivity index (χ4n) is 3.37. The fourth-order valence-corrected chi connectivity index (χ4v) is 4.54. The second-order valence-electron chi connectivity index (χ2n) is 7.57. The standard InChI is InChI=1S/C21H24N4O3S/c1-14(25(2)17-11-12-17)13-22-21(26)15-7-9-16(10-8-15)23-20-18-5-3-4-6-19(18)29(27,28)24-20/h3-10,14,17H,11-13H2,1-2H3,(H,22,26)(H,23,24). The van der Waals surface area contributed by atoms with Gasteiger partial charge in [0.1, 0.15) is 4.90 Å². The summed E-state index contributed by atoms with van der Waals surface area (Å²) in [5.74, 6) is 0.161. The van der Waals surface area contributed by atoms with Gasteiger partial charge in [-0.1, -0.05) is 12.1 Å². The van der Waals surface area contributed by atoms with Crippen molar-refractivity contribution in [3.63, 3.8) is 0 Å². The molecule has 7 nitrogen and oxygen atoms in total. The van der Waals surface area contributed by atoms with E-state index in [4.69, 9.17) is 0 Å². The zero-order valence-corrected chi connectivity index (χ0v) is 17.2. The summed E-state index contributed by atoms with van der Waals surface area (Å²) in [4.78, 5) is 14.9. The van der Waals surface area contributed by atoms with Crippen molar-refractivity contribution in [1.82, 2.24) is 10.2 Å². The maximum absolute atomic E-state index is 12.4. The van der Waals surface area contributed by atoms with Crippen LogP contribution >= 0.6 is 0 Å². The predicted molar refractivity (Wildman–Crippen MR) is 113 cm³/mol. The van der Waals surface area contributed by atoms with E-state index in [9.17, 15) is 13.2 Å². The second-order valence-corrected chi connectivity index (χ2v) is 9.14. The zero-order chi connectivity index (χ0) is 20.6. The number of carbonyl (C=O) groups excluding carboxylic acids is 1. The molecule has 8 heteroatoms. The Hall–Kier alpha value is -2.71. The Morgan fingerprint density at radius 3 is 2.55 bits per heavy atom. The van der Waals surface area contributed by atoms with E-state index in [0.29, 0.717) is 29.4 Å². The van der Waals surface area contributed by atoms with Crippen molar-refractivity contribution < 1.29 is 13.2 Å². The molecule has 0 bridgehead atoms. The number of benzene rings is 2. The first-order valence-corrected chi connectivity index (χ1v) is 11.1. The lowest BCUT2D eigenvalue weighted by Crippen LogP contribution is -2.41. The van der Waals surface area contributed by atoms with Crippen LogP contribution in [0.1, 0.15) is 35.7 Å². The molecule has 0 radical (unpaired) electrons. The van der Waals surface area contributed by atoms with Gasteiger partial charge in [-0.25, -0.2) is 0 Å². The van der Waals surface area contributed by atoms with E-state index in [2.05, 4.69) is 33.9 Å². The topological polar surface area (TPSA) is 90.9 Å². The highest BCUT2D eigenvalue weighted by Crippen LogP contribution is 2.27. The van der Waals surface area contributed by atoms with Crippen LogP contribution in [0.15, 0.2) is 57.8 Å². The molecule has 2 aliphatic rings. The summed E-state index contributed by atoms with van der Waals surface area (Å²) < 4.78 is 28.1. The highest BCUT2D eigenvalue weighted by molar-refractivity contribution is 7.90. The molecule has 1 aliphatic carbocycles. The van der Waals surface area contributed by atoms with Crippen molar-refractivity contribution in [2.75, 3.05) is 18.9 Å². The van der Waals surface area contributed by atoms with E-state index in [1.54, 1.807) is 42.5 Å². The van der Waals surface area contributed by atoms with E-state index in [0.717, 1.165) is 0 Å². The van der Waals surface area contributed by atoms with Gasteiger partial charge in [0.2, 0.25) is 0 Å². The number of rotatable bonds is 6. The number of nitrogens with one attached hydrogen (secondary N) is 2. The average Bonchev–Trinajstić information content (AvgIpc) is 3.53. The van der Waals surface area contributed by atoms with Crippen molar-refractivity contribution in [3.8, 4) is 0 Å². The summed E-state index contributed by atoms with van der Waals surface area (Å²) in [5.41, 5.74) is 1.76. The first kappa shape index (κ1) is 19.6. The summed E-state index contributed by atoms with van der Waals surface area (Å²) in [6.45, 7) is 2.71. The number of sulfonamides is 1. The molecule has 2 aromatic rings. The molecule has 4 rings (SSSR count). The Morgan fingerprint density at radius 1 is 1.17 bits per heavy atom. The maximum atomic E-state index is 12.4. The second kappa shape index (κ2) is 7.61. The number of amides is 1. The third-order valence-corrected chi connectivity index (χ3v) is 6.75. The Kier molecular flexibility index (Phi) is 5.14. The predicted octanol–water partition coefficient (Wildman–Crippen LogP) is 2.46. The third-order valence-electron chi connectivity index (χ3n) is 5.42. The van der Waals surface area contributed by atoms with Crippen LogP contribution in [0.25, 0.3) is 0 Å². The molecule has 1 amide bonds. The van der Waals surface area contributed by atoms with Crippen molar-refractivity contribution in [1.29, 1.82) is 0 Å². The van der Waals surface area contributed by atoms with Crippen LogP contribution in [0.4, 0.5) is 5.69 Å². The number of amidine groups is 1. The van der Waals surface area contributed by atoms with Crippen LogP contribution in [0, 0.1) is 0 Å². The average molecular weight is 413 g/mol. The molecular weight excluding hydrogens is 388 g/mol. The van der Waals surface area contributed by atoms with Gasteiger partial charge in [-0.05, 0) is 63.2 Å². The monoisotopic (exact) mass is 412 g/mol. The molecule has 1 atom stereocenters. The smallest absolute Gasteiger partial charge is 0.285 e. The van der Waals surface area contributed by atoms with Gasteiger partial charge in [0, 0.05) is 35.4 Å². The molecule has 2 N–H and O–H groups in total. The Morgan fingerprint density at radius 2 is 1.86 bits per heavy atom. The molecule has 2 aromatic carbocycles. The number of anilines is 1. The molecule has 1 heterocycles. The van der Waals surface area contributed by atoms with E-state index < -0.39 is 10.0 Å². The largest absolute Gasteiger partial charge is 0.350 e. The van der Waals surface area contributed by atoms with Crippen LogP contribution in [-0.4, -0.2) is 50.7 Å². The molecule has 29 heavy (non-hydrogen) atoms. The normalized spacial score (nSPS) is 18.1. The first-order valence-electron chi connectivity index (χ1n) is 9.67. The van der Waals surface area contributed by atoms with Crippen molar-refractivity contribution in [2.24, 2.45) is 4.40 Å². The molecule has 0 aromatic heterocycles. The molecule has 0 saturated heterocycles. The van der Waals surface area contributed by atoms with Crippen LogP contribution in [-0.2, 0) is 10.0 Å². The Balaban J connectivity index is 1.39. The summed E-state index contributed by atoms with van der Waals surface area (Å²) in [7, 11) is -1.57. The Bertz CT molecular complexity index is 1060. The SMILES string of the molecule is CC(CNC(=O)c1ccc(NC2=NS(=O)(=O)c3ccccc32)cc1)N(C)C1CC1. The highest BCUT2D eigenvalue weighted by atomic mass is 32.2. The van der Waals surface area contributed by atoms with Crippen LogP contribution < -0.4 is 10.6 Å². The number of carbonyl (C=O) groups is 1. The molecule has 152 valence electrons. The zero-order valence-electron chi connectivity index (χ0n) is 16.4. The van der Waals surface area contributed by atoms with Gasteiger partial charge in [-0.3, -0.25) is 9.69 Å². The summed E-state index contributed by atoms with van der Waals surface area (Å²) >= 11 is 0. The van der Waals surface area contributed by atoms with Crippen LogP contribution in [0.5, 0.6) is 0 Å². The Labute approximate surface area is 170 Å². The molecule has 1 saturated carbocycles. The van der Waals surface area contributed by atoms with Gasteiger partial charge in [0.05, 0.1) is 0 Å². The van der Waals surface area contributed by atoms with Gasteiger partial charge in [-0.15, -0.1) is 4.40 Å². The quantitative estimate of drug-likeness (QED) is 0.761. The van der Waals surface area contributed by atoms with Crippen LogP contribution in [0.3, 0.4) is 0 Å². The van der Waals surface area contributed by atoms with E-state index in [-0.39, 0.29) is 22.7 Å². The summed E-state index contributed by atoms with van der Waals surface area (Å²) in [6.07, 6.45) is 2.47. The number of likely N-dealkylation sites (N-methyl/N-ethyl adjacent to an activating group) is 1. The van der Waals surface area contributed by atoms with E-state index in [1.165, 1.54) is 18.9 Å². The van der Waals surface area contributed by atoms with Gasteiger partial charge in [-0.2, -0.15) is 8.42 Å². The number of fused-ring (bicyclic) bond motifs is 1. The van der Waals surface area contributed by atoms with Crippen molar-refractivity contribution in [3.05, 3.63) is 59.7 Å². The number of nitrogens with zero attached hydrogens (tertiary/aromatic N) is 2. The minimum Gasteiger partial charge on any atom is -0.350 e. The molecule has 1 fully saturated rings. The van der Waals surface area contributed by atoms with Crippen molar-refractivity contribution in [2.45, 2.75) is 36.7 Å². The third kappa shape index (κ3) is 4.18. The minimum absolute atomic E-state index is 0.126. The lowest BCUT2D eigenvalue weighted by Gasteiger charge is -2.24. The minimum atomic E-state index is -3.66. The highest BCUT2D eigenvalue weighted by Gasteiger charge is 2.29. The molecular formula is C21H24N4O3S. The van der Waals surface area contributed by atoms with Crippen molar-refractivity contribution >= 4 is 27.5 Å². The molecule has 1 aliphatic heterocycles. The van der Waals surface area contributed by atoms with E-state index in [1.807, 2.05) is 0 Å². The van der Waals surface area contributed by atoms with E-state index >= 15 is 0 Å². The maximum Gasteiger partial charge on any atom is 0.285 e. The first-order chi connectivity index (χ1) is 13.8. The number of hydrogen-bond donors (Lipinski definition) is 2. The van der Waals surface area contributed by atoms with Gasteiger partial charge in [0.15, 0.2) is 5.84 Å². The molecule has 1 unspecified atom stereocenters. The lowest BCUT2D eigenvalue weighted by atomic mass is 10.1. The lowest BCUT2D eigenvalue weighted by molar-refractivity contribution is 0.0939. The fraction of sp³-hybridized carbons (Fsp3) is 0.333. The number of hydrogen-bond acceptors (Lipinski definition) is 5.